The minimum Gasteiger partial charge on any atom is -0.388 e. The Kier molecular flexibility index (Phi) is 7.22. The Morgan fingerprint density at radius 1 is 0.889 bits per heavy atom. The van der Waals surface area contributed by atoms with Gasteiger partial charge < -0.3 is 10.0 Å². The lowest BCUT2D eigenvalue weighted by molar-refractivity contribution is 0.150. The van der Waals surface area contributed by atoms with Crippen LogP contribution in [0.15, 0.2) is 83.3 Å². The monoisotopic (exact) mass is 423 g/mol. The van der Waals surface area contributed by atoms with Gasteiger partial charge in [-0.1, -0.05) is 82.7 Å². The standard InChI is InChI=1S/C24H26BrNO/c1-26(16-14-19-8-4-2-5-9-19)17-15-24(27)22-13-12-21(25)18-23(22)20-10-6-3-7-11-20/h2-13,18,24,27H,14-17H2,1H3. The van der Waals surface area contributed by atoms with Gasteiger partial charge in [-0.25, -0.2) is 0 Å². The first-order valence-corrected chi connectivity index (χ1v) is 10.2. The highest BCUT2D eigenvalue weighted by Gasteiger charge is 2.15. The second kappa shape index (κ2) is 9.84. The molecule has 1 N–H and O–H groups in total. The molecule has 3 heteroatoms. The molecule has 1 unspecified atom stereocenters. The number of nitrogens with zero attached hydrogens (tertiary/aromatic N) is 1. The van der Waals surface area contributed by atoms with Gasteiger partial charge in [-0.15, -0.1) is 0 Å². The molecule has 27 heavy (non-hydrogen) atoms. The number of aliphatic hydroxyl groups excluding tert-OH is 1. The summed E-state index contributed by atoms with van der Waals surface area (Å²) in [7, 11) is 2.12. The second-order valence-electron chi connectivity index (χ2n) is 6.94. The summed E-state index contributed by atoms with van der Waals surface area (Å²) in [6.45, 7) is 1.85. The molecule has 140 valence electrons. The highest BCUT2D eigenvalue weighted by molar-refractivity contribution is 9.10. The predicted molar refractivity (Wildman–Crippen MR) is 117 cm³/mol. The molecule has 0 aliphatic heterocycles. The third-order valence-corrected chi connectivity index (χ3v) is 5.36. The van der Waals surface area contributed by atoms with Gasteiger partial charge in [0.2, 0.25) is 0 Å². The maximum absolute atomic E-state index is 10.8. The number of hydrogen-bond donors (Lipinski definition) is 1. The van der Waals surface area contributed by atoms with Crippen LogP contribution in [-0.4, -0.2) is 30.1 Å². The van der Waals surface area contributed by atoms with Crippen molar-refractivity contribution in [2.45, 2.75) is 18.9 Å². The first kappa shape index (κ1) is 19.8. The fraction of sp³-hybridized carbons (Fsp3) is 0.250. The third kappa shape index (κ3) is 5.77. The molecule has 0 saturated heterocycles. The Morgan fingerprint density at radius 3 is 2.26 bits per heavy atom. The SMILES string of the molecule is CN(CCc1ccccc1)CCC(O)c1ccc(Br)cc1-c1ccccc1. The lowest BCUT2D eigenvalue weighted by Gasteiger charge is -2.21. The van der Waals surface area contributed by atoms with Crippen LogP contribution < -0.4 is 0 Å². The highest BCUT2D eigenvalue weighted by Crippen LogP contribution is 2.32. The molecule has 3 aromatic rings. The molecule has 0 spiro atoms. The van der Waals surface area contributed by atoms with E-state index in [1.165, 1.54) is 5.56 Å². The highest BCUT2D eigenvalue weighted by atomic mass is 79.9. The molecule has 0 fully saturated rings. The van der Waals surface area contributed by atoms with E-state index in [1.54, 1.807) is 0 Å². The third-order valence-electron chi connectivity index (χ3n) is 4.87. The fourth-order valence-corrected chi connectivity index (χ4v) is 3.62. The first-order chi connectivity index (χ1) is 13.1. The maximum atomic E-state index is 10.8. The van der Waals surface area contributed by atoms with Crippen LogP contribution in [0.1, 0.15) is 23.7 Å². The molecule has 0 aromatic heterocycles. The van der Waals surface area contributed by atoms with Crippen LogP contribution in [0.3, 0.4) is 0 Å². The van der Waals surface area contributed by atoms with Gasteiger partial charge in [-0.3, -0.25) is 0 Å². The van der Waals surface area contributed by atoms with Gasteiger partial charge in [0.05, 0.1) is 6.10 Å². The van der Waals surface area contributed by atoms with Crippen molar-refractivity contribution in [3.8, 4) is 11.1 Å². The van der Waals surface area contributed by atoms with Gasteiger partial charge in [0.15, 0.2) is 0 Å². The molecule has 0 saturated carbocycles. The summed E-state index contributed by atoms with van der Waals surface area (Å²) in [6, 6.07) is 26.9. The predicted octanol–water partition coefficient (Wildman–Crippen LogP) is 5.71. The van der Waals surface area contributed by atoms with E-state index in [4.69, 9.17) is 0 Å². The van der Waals surface area contributed by atoms with Gasteiger partial charge in [-0.2, -0.15) is 0 Å². The Bertz CT molecular complexity index is 836. The van der Waals surface area contributed by atoms with Gasteiger partial charge in [0.1, 0.15) is 0 Å². The number of hydrogen-bond acceptors (Lipinski definition) is 2. The zero-order valence-corrected chi connectivity index (χ0v) is 17.3. The van der Waals surface area contributed by atoms with Crippen molar-refractivity contribution in [1.29, 1.82) is 0 Å². The number of rotatable bonds is 8. The molecule has 0 radical (unpaired) electrons. The van der Waals surface area contributed by atoms with E-state index in [0.717, 1.165) is 40.7 Å². The summed E-state index contributed by atoms with van der Waals surface area (Å²) in [5, 5.41) is 10.8. The van der Waals surface area contributed by atoms with Crippen molar-refractivity contribution in [2.24, 2.45) is 0 Å². The Hall–Kier alpha value is -1.94. The van der Waals surface area contributed by atoms with Crippen LogP contribution in [0.5, 0.6) is 0 Å². The average Bonchev–Trinajstić information content (AvgIpc) is 2.72. The normalized spacial score (nSPS) is 12.3. The summed E-state index contributed by atoms with van der Waals surface area (Å²) in [5.74, 6) is 0. The largest absolute Gasteiger partial charge is 0.388 e. The van der Waals surface area contributed by atoms with Crippen molar-refractivity contribution >= 4 is 15.9 Å². The summed E-state index contributed by atoms with van der Waals surface area (Å²) < 4.78 is 1.03. The molecule has 3 rings (SSSR count). The quantitative estimate of drug-likeness (QED) is 0.501. The van der Waals surface area contributed by atoms with Crippen LogP contribution in [-0.2, 0) is 6.42 Å². The minimum absolute atomic E-state index is 0.479. The molecule has 2 nitrogen and oxygen atoms in total. The summed E-state index contributed by atoms with van der Waals surface area (Å²) in [4.78, 5) is 2.29. The molecule has 0 aliphatic rings. The van der Waals surface area contributed by atoms with Crippen LogP contribution in [0.2, 0.25) is 0 Å². The second-order valence-corrected chi connectivity index (χ2v) is 7.86. The fourth-order valence-electron chi connectivity index (χ4n) is 3.26. The Morgan fingerprint density at radius 2 is 1.56 bits per heavy atom. The van der Waals surface area contributed by atoms with Gasteiger partial charge >= 0.3 is 0 Å². The molecule has 1 atom stereocenters. The number of benzene rings is 3. The Labute approximate surface area is 170 Å². The molecule has 3 aromatic carbocycles. The zero-order chi connectivity index (χ0) is 19.1. The van der Waals surface area contributed by atoms with E-state index >= 15 is 0 Å². The van der Waals surface area contributed by atoms with Crippen molar-refractivity contribution in [3.63, 3.8) is 0 Å². The number of halogens is 1. The van der Waals surface area contributed by atoms with E-state index in [2.05, 4.69) is 70.3 Å². The van der Waals surface area contributed by atoms with Crippen molar-refractivity contribution in [2.75, 3.05) is 20.1 Å². The molecular weight excluding hydrogens is 398 g/mol. The molecule has 0 bridgehead atoms. The molecule has 0 aliphatic carbocycles. The van der Waals surface area contributed by atoms with Gasteiger partial charge in [0.25, 0.3) is 0 Å². The van der Waals surface area contributed by atoms with E-state index in [-0.39, 0.29) is 0 Å². The van der Waals surface area contributed by atoms with Crippen LogP contribution in [0, 0.1) is 0 Å². The van der Waals surface area contributed by atoms with Crippen molar-refractivity contribution in [1.82, 2.24) is 4.90 Å². The van der Waals surface area contributed by atoms with E-state index in [1.807, 2.05) is 36.4 Å². The van der Waals surface area contributed by atoms with Crippen LogP contribution in [0.25, 0.3) is 11.1 Å². The van der Waals surface area contributed by atoms with E-state index in [9.17, 15) is 5.11 Å². The van der Waals surface area contributed by atoms with E-state index in [0.29, 0.717) is 6.42 Å². The summed E-state index contributed by atoms with van der Waals surface area (Å²) in [5.41, 5.74) is 4.56. The zero-order valence-electron chi connectivity index (χ0n) is 15.7. The average molecular weight is 424 g/mol. The lowest BCUT2D eigenvalue weighted by atomic mass is 9.95. The molecule has 0 heterocycles. The minimum atomic E-state index is -0.479. The van der Waals surface area contributed by atoms with Crippen LogP contribution >= 0.6 is 15.9 Å². The molecular formula is C24H26BrNO. The lowest BCUT2D eigenvalue weighted by Crippen LogP contribution is -2.24. The van der Waals surface area contributed by atoms with Crippen molar-refractivity contribution in [3.05, 3.63) is 94.5 Å². The van der Waals surface area contributed by atoms with Gasteiger partial charge in [0, 0.05) is 17.6 Å². The number of aliphatic hydroxyl groups is 1. The van der Waals surface area contributed by atoms with E-state index < -0.39 is 6.10 Å². The number of likely N-dealkylation sites (N-methyl/N-ethyl adjacent to an activating group) is 1. The molecule has 0 amide bonds. The summed E-state index contributed by atoms with van der Waals surface area (Å²) >= 11 is 3.56. The summed E-state index contributed by atoms with van der Waals surface area (Å²) in [6.07, 6.45) is 1.26. The van der Waals surface area contributed by atoms with Crippen LogP contribution in [0.4, 0.5) is 0 Å². The first-order valence-electron chi connectivity index (χ1n) is 9.39. The Balaban J connectivity index is 1.62. The smallest absolute Gasteiger partial charge is 0.0808 e. The van der Waals surface area contributed by atoms with Crippen molar-refractivity contribution < 1.29 is 5.11 Å². The maximum Gasteiger partial charge on any atom is 0.0808 e. The topological polar surface area (TPSA) is 23.5 Å². The van der Waals surface area contributed by atoms with Gasteiger partial charge in [-0.05, 0) is 54.3 Å².